The van der Waals surface area contributed by atoms with E-state index in [1.54, 1.807) is 0 Å². The van der Waals surface area contributed by atoms with Crippen molar-refractivity contribution in [1.29, 1.82) is 0 Å². The van der Waals surface area contributed by atoms with Gasteiger partial charge in [-0.05, 0) is 46.6 Å². The van der Waals surface area contributed by atoms with E-state index in [1.165, 1.54) is 12.8 Å². The van der Waals surface area contributed by atoms with Crippen LogP contribution < -0.4 is 5.32 Å². The largest absolute Gasteiger partial charge is 0.444 e. The number of piperidine rings is 1. The summed E-state index contributed by atoms with van der Waals surface area (Å²) in [7, 11) is 2.12. The topological polar surface area (TPSA) is 41.6 Å². The van der Waals surface area contributed by atoms with Crippen molar-refractivity contribution >= 4 is 6.09 Å². The fourth-order valence-electron chi connectivity index (χ4n) is 2.64. The Kier molecular flexibility index (Phi) is 5.45. The zero-order valence-electron chi connectivity index (χ0n) is 12.5. The molecule has 1 saturated heterocycles. The lowest BCUT2D eigenvalue weighted by molar-refractivity contribution is 0.0458. The van der Waals surface area contributed by atoms with E-state index in [4.69, 9.17) is 4.74 Å². The van der Waals surface area contributed by atoms with Gasteiger partial charge in [0, 0.05) is 19.1 Å². The van der Waals surface area contributed by atoms with E-state index in [0.29, 0.717) is 5.92 Å². The number of carbonyl (C=O) groups is 1. The van der Waals surface area contributed by atoms with Crippen molar-refractivity contribution in [3.63, 3.8) is 0 Å². The first-order chi connectivity index (χ1) is 8.30. The molecule has 4 nitrogen and oxygen atoms in total. The van der Waals surface area contributed by atoms with Gasteiger partial charge >= 0.3 is 6.09 Å². The fourth-order valence-corrected chi connectivity index (χ4v) is 2.64. The summed E-state index contributed by atoms with van der Waals surface area (Å²) < 4.78 is 5.30. The van der Waals surface area contributed by atoms with Crippen LogP contribution in [0, 0.1) is 5.92 Å². The van der Waals surface area contributed by atoms with Crippen LogP contribution in [0.4, 0.5) is 4.79 Å². The van der Waals surface area contributed by atoms with Crippen LogP contribution in [0.1, 0.15) is 47.0 Å². The molecular formula is C14H28N2O2. The fraction of sp³-hybridized carbons (Fsp3) is 0.929. The molecular weight excluding hydrogens is 228 g/mol. The summed E-state index contributed by atoms with van der Waals surface area (Å²) in [6.45, 7) is 9.93. The van der Waals surface area contributed by atoms with E-state index in [-0.39, 0.29) is 12.1 Å². The summed E-state index contributed by atoms with van der Waals surface area (Å²) in [5, 5.41) is 2.99. The van der Waals surface area contributed by atoms with E-state index in [2.05, 4.69) is 24.2 Å². The maximum absolute atomic E-state index is 11.7. The van der Waals surface area contributed by atoms with Gasteiger partial charge in [0.1, 0.15) is 5.60 Å². The second kappa shape index (κ2) is 6.41. The maximum Gasteiger partial charge on any atom is 0.407 e. The molecule has 0 aliphatic carbocycles. The highest BCUT2D eigenvalue weighted by Gasteiger charge is 2.27. The minimum Gasteiger partial charge on any atom is -0.444 e. The summed E-state index contributed by atoms with van der Waals surface area (Å²) in [6.07, 6.45) is 3.21. The van der Waals surface area contributed by atoms with Crippen molar-refractivity contribution in [3.8, 4) is 0 Å². The lowest BCUT2D eigenvalue weighted by Gasteiger charge is -2.36. The Hall–Kier alpha value is -0.770. The number of carbonyl (C=O) groups excluding carboxylic acids is 1. The third-order valence-corrected chi connectivity index (χ3v) is 3.14. The quantitative estimate of drug-likeness (QED) is 0.844. The van der Waals surface area contributed by atoms with Crippen molar-refractivity contribution in [2.24, 2.45) is 5.92 Å². The summed E-state index contributed by atoms with van der Waals surface area (Å²) in [5.74, 6) is 0.689. The molecule has 1 aliphatic heterocycles. The normalized spacial score (nSPS) is 25.8. The smallest absolute Gasteiger partial charge is 0.407 e. The van der Waals surface area contributed by atoms with Crippen molar-refractivity contribution in [2.45, 2.75) is 58.6 Å². The number of likely N-dealkylation sites (N-methyl/N-ethyl adjacent to an activating group) is 1. The van der Waals surface area contributed by atoms with E-state index < -0.39 is 5.60 Å². The molecule has 4 heteroatoms. The lowest BCUT2D eigenvalue weighted by Crippen LogP contribution is -2.50. The number of amides is 1. The van der Waals surface area contributed by atoms with Crippen molar-refractivity contribution in [3.05, 3.63) is 0 Å². The third kappa shape index (κ3) is 5.71. The summed E-state index contributed by atoms with van der Waals surface area (Å²) in [4.78, 5) is 14.0. The van der Waals surface area contributed by atoms with Crippen LogP contribution in [-0.4, -0.2) is 42.8 Å². The van der Waals surface area contributed by atoms with Crippen LogP contribution in [0.15, 0.2) is 0 Å². The Morgan fingerprint density at radius 1 is 1.39 bits per heavy atom. The molecule has 1 aliphatic rings. The van der Waals surface area contributed by atoms with Crippen LogP contribution in [0.3, 0.4) is 0 Å². The van der Waals surface area contributed by atoms with Crippen LogP contribution in [0.5, 0.6) is 0 Å². The molecule has 2 atom stereocenters. The van der Waals surface area contributed by atoms with Gasteiger partial charge in [0.25, 0.3) is 0 Å². The van der Waals surface area contributed by atoms with E-state index in [9.17, 15) is 4.79 Å². The van der Waals surface area contributed by atoms with Gasteiger partial charge in [0.2, 0.25) is 0 Å². The zero-order chi connectivity index (χ0) is 13.8. The first kappa shape index (κ1) is 15.3. The summed E-state index contributed by atoms with van der Waals surface area (Å²) in [6, 6.07) is 0.218. The molecule has 0 aromatic carbocycles. The molecule has 1 rings (SSSR count). The Morgan fingerprint density at radius 2 is 2.06 bits per heavy atom. The molecule has 0 aromatic rings. The number of likely N-dealkylation sites (tertiary alicyclic amines) is 1. The monoisotopic (exact) mass is 256 g/mol. The van der Waals surface area contributed by atoms with Gasteiger partial charge < -0.3 is 15.0 Å². The summed E-state index contributed by atoms with van der Waals surface area (Å²) in [5.41, 5.74) is -0.423. The van der Waals surface area contributed by atoms with E-state index in [0.717, 1.165) is 19.5 Å². The lowest BCUT2D eigenvalue weighted by atomic mass is 9.91. The first-order valence-corrected chi connectivity index (χ1v) is 6.98. The number of rotatable bonds is 3. The van der Waals surface area contributed by atoms with Gasteiger partial charge in [-0.15, -0.1) is 0 Å². The molecule has 18 heavy (non-hydrogen) atoms. The number of nitrogens with zero attached hydrogens (tertiary/aromatic N) is 1. The Balaban J connectivity index is 2.43. The minimum absolute atomic E-state index is 0.218. The molecule has 1 heterocycles. The van der Waals surface area contributed by atoms with Gasteiger partial charge in [-0.25, -0.2) is 4.79 Å². The molecule has 0 radical (unpaired) electrons. The second-order valence-corrected chi connectivity index (χ2v) is 6.45. The van der Waals surface area contributed by atoms with E-state index in [1.807, 2.05) is 20.8 Å². The van der Waals surface area contributed by atoms with Gasteiger partial charge in [0.15, 0.2) is 0 Å². The molecule has 0 aromatic heterocycles. The number of nitrogens with one attached hydrogen (secondary N) is 1. The standard InChI is InChI=1S/C14H28N2O2/c1-6-7-11-8-12(10-16(5)9-11)15-13(17)18-14(2,3)4/h11-12H,6-10H2,1-5H3,(H,15,17). The molecule has 2 unspecified atom stereocenters. The van der Waals surface area contributed by atoms with Crippen molar-refractivity contribution in [2.75, 3.05) is 20.1 Å². The van der Waals surface area contributed by atoms with Crippen LogP contribution in [-0.2, 0) is 4.74 Å². The maximum atomic E-state index is 11.7. The Labute approximate surface area is 111 Å². The molecule has 1 fully saturated rings. The SMILES string of the molecule is CCCC1CC(NC(=O)OC(C)(C)C)CN(C)C1. The van der Waals surface area contributed by atoms with Crippen molar-refractivity contribution < 1.29 is 9.53 Å². The molecule has 0 bridgehead atoms. The van der Waals surface area contributed by atoms with E-state index >= 15 is 0 Å². The highest BCUT2D eigenvalue weighted by Crippen LogP contribution is 2.20. The Bertz CT molecular complexity index is 273. The van der Waals surface area contributed by atoms with Gasteiger partial charge in [-0.3, -0.25) is 0 Å². The predicted octanol–water partition coefficient (Wildman–Crippen LogP) is 2.63. The Morgan fingerprint density at radius 3 is 2.61 bits per heavy atom. The summed E-state index contributed by atoms with van der Waals surface area (Å²) >= 11 is 0. The van der Waals surface area contributed by atoms with Crippen LogP contribution in [0.2, 0.25) is 0 Å². The average molecular weight is 256 g/mol. The highest BCUT2D eigenvalue weighted by atomic mass is 16.6. The van der Waals surface area contributed by atoms with Crippen molar-refractivity contribution in [1.82, 2.24) is 10.2 Å². The highest BCUT2D eigenvalue weighted by molar-refractivity contribution is 5.68. The molecule has 0 saturated carbocycles. The zero-order valence-corrected chi connectivity index (χ0v) is 12.5. The number of alkyl carbamates (subject to hydrolysis) is 1. The second-order valence-electron chi connectivity index (χ2n) is 6.45. The average Bonchev–Trinajstić information content (AvgIpc) is 2.12. The third-order valence-electron chi connectivity index (χ3n) is 3.14. The molecule has 0 spiro atoms. The molecule has 1 N–H and O–H groups in total. The number of hydrogen-bond acceptors (Lipinski definition) is 3. The van der Waals surface area contributed by atoms with Gasteiger partial charge in [0.05, 0.1) is 0 Å². The van der Waals surface area contributed by atoms with Crippen LogP contribution >= 0.6 is 0 Å². The van der Waals surface area contributed by atoms with Gasteiger partial charge in [-0.1, -0.05) is 13.3 Å². The minimum atomic E-state index is -0.423. The van der Waals surface area contributed by atoms with Gasteiger partial charge in [-0.2, -0.15) is 0 Å². The number of hydrogen-bond donors (Lipinski definition) is 1. The predicted molar refractivity (Wildman–Crippen MR) is 73.7 cm³/mol. The van der Waals surface area contributed by atoms with Crippen LogP contribution in [0.25, 0.3) is 0 Å². The first-order valence-electron chi connectivity index (χ1n) is 6.98. The molecule has 106 valence electrons. The molecule has 1 amide bonds. The number of ether oxygens (including phenoxy) is 1.